The molecule has 23 heavy (non-hydrogen) atoms. The van der Waals surface area contributed by atoms with Crippen LogP contribution in [-0.4, -0.2) is 39.6 Å². The molecule has 1 aromatic heterocycles. The number of amides is 2. The summed E-state index contributed by atoms with van der Waals surface area (Å²) in [5.41, 5.74) is 0.0374. The summed E-state index contributed by atoms with van der Waals surface area (Å²) in [6.07, 6.45) is 3.53. The van der Waals surface area contributed by atoms with Gasteiger partial charge in [-0.05, 0) is 37.6 Å². The van der Waals surface area contributed by atoms with Gasteiger partial charge in [0.15, 0.2) is 0 Å². The molecule has 0 saturated heterocycles. The zero-order chi connectivity index (χ0) is 16.9. The van der Waals surface area contributed by atoms with E-state index in [1.165, 1.54) is 0 Å². The fraction of sp³-hybridized carbons (Fsp3) is 0.375. The normalized spacial score (nSPS) is 12.7. The minimum Gasteiger partial charge on any atom is -0.389 e. The van der Waals surface area contributed by atoms with E-state index in [0.29, 0.717) is 11.6 Å². The number of halogens is 1. The highest BCUT2D eigenvalue weighted by Gasteiger charge is 2.17. The summed E-state index contributed by atoms with van der Waals surface area (Å²) in [5.74, 6) is 0. The van der Waals surface area contributed by atoms with Crippen LogP contribution in [0.4, 0.5) is 4.79 Å². The first-order valence-electron chi connectivity index (χ1n) is 7.34. The van der Waals surface area contributed by atoms with Crippen LogP contribution >= 0.6 is 11.6 Å². The van der Waals surface area contributed by atoms with E-state index < -0.39 is 5.60 Å². The lowest BCUT2D eigenvalue weighted by Crippen LogP contribution is -2.44. The van der Waals surface area contributed by atoms with E-state index in [1.807, 2.05) is 36.5 Å². The van der Waals surface area contributed by atoms with Gasteiger partial charge < -0.3 is 15.7 Å². The number of benzene rings is 1. The van der Waals surface area contributed by atoms with E-state index in [2.05, 4.69) is 15.7 Å². The molecule has 0 unspecified atom stereocenters. The second kappa shape index (κ2) is 7.48. The van der Waals surface area contributed by atoms with Gasteiger partial charge in [-0.2, -0.15) is 5.10 Å². The van der Waals surface area contributed by atoms with Crippen LogP contribution in [0.3, 0.4) is 0 Å². The highest BCUT2D eigenvalue weighted by Crippen LogP contribution is 2.19. The Bertz CT molecular complexity index is 621. The van der Waals surface area contributed by atoms with Crippen molar-refractivity contribution >= 4 is 17.6 Å². The molecule has 2 aromatic rings. The Hall–Kier alpha value is -2.05. The molecule has 1 aromatic carbocycles. The molecule has 0 fully saturated rings. The number of aromatic nitrogens is 2. The number of carbonyl (C=O) groups excluding carboxylic acids is 1. The molecule has 6 nitrogen and oxygen atoms in total. The maximum Gasteiger partial charge on any atom is 0.314 e. The molecule has 0 spiro atoms. The highest BCUT2D eigenvalue weighted by atomic mass is 35.5. The molecule has 1 heterocycles. The summed E-state index contributed by atoms with van der Waals surface area (Å²) in [4.78, 5) is 11.9. The fourth-order valence-electron chi connectivity index (χ4n) is 2.06. The number of hydrogen-bond donors (Lipinski definition) is 3. The minimum absolute atomic E-state index is 0.143. The van der Waals surface area contributed by atoms with Gasteiger partial charge in [0.25, 0.3) is 0 Å². The third-order valence-corrected chi connectivity index (χ3v) is 3.49. The second-order valence-corrected chi connectivity index (χ2v) is 6.37. The molecule has 7 heteroatoms. The molecule has 124 valence electrons. The zero-order valence-electron chi connectivity index (χ0n) is 13.2. The first kappa shape index (κ1) is 17.3. The molecule has 2 rings (SSSR count). The first-order chi connectivity index (χ1) is 10.8. The van der Waals surface area contributed by atoms with Gasteiger partial charge in [-0.3, -0.25) is 4.68 Å². The highest BCUT2D eigenvalue weighted by molar-refractivity contribution is 6.30. The zero-order valence-corrected chi connectivity index (χ0v) is 13.9. The summed E-state index contributed by atoms with van der Waals surface area (Å²) in [7, 11) is 0. The fourth-order valence-corrected chi connectivity index (χ4v) is 2.19. The average Bonchev–Trinajstić information content (AvgIpc) is 3.00. The Morgan fingerprint density at radius 2 is 2.04 bits per heavy atom. The van der Waals surface area contributed by atoms with Crippen LogP contribution in [-0.2, 0) is 0 Å². The monoisotopic (exact) mass is 336 g/mol. The molecule has 0 saturated carbocycles. The van der Waals surface area contributed by atoms with Crippen LogP contribution in [0.5, 0.6) is 0 Å². The van der Waals surface area contributed by atoms with Crippen molar-refractivity contribution < 1.29 is 9.90 Å². The number of aliphatic hydroxyl groups is 1. The molecule has 3 N–H and O–H groups in total. The van der Waals surface area contributed by atoms with E-state index in [1.54, 1.807) is 24.7 Å². The Balaban J connectivity index is 2.02. The van der Waals surface area contributed by atoms with Gasteiger partial charge in [-0.1, -0.05) is 23.7 Å². The van der Waals surface area contributed by atoms with Gasteiger partial charge in [-0.25, -0.2) is 4.79 Å². The van der Waals surface area contributed by atoms with Crippen molar-refractivity contribution in [3.63, 3.8) is 0 Å². The van der Waals surface area contributed by atoms with E-state index in [-0.39, 0.29) is 18.6 Å². The van der Waals surface area contributed by atoms with Crippen molar-refractivity contribution in [2.75, 3.05) is 13.1 Å². The number of urea groups is 1. The van der Waals surface area contributed by atoms with Gasteiger partial charge in [-0.15, -0.1) is 0 Å². The van der Waals surface area contributed by atoms with E-state index in [4.69, 9.17) is 11.6 Å². The molecule has 0 aliphatic carbocycles. The third-order valence-electron chi connectivity index (χ3n) is 3.24. The summed E-state index contributed by atoms with van der Waals surface area (Å²) in [6.45, 7) is 3.80. The number of nitrogens with zero attached hydrogens (tertiary/aromatic N) is 2. The van der Waals surface area contributed by atoms with Crippen LogP contribution in [0.15, 0.2) is 42.7 Å². The predicted molar refractivity (Wildman–Crippen MR) is 89.5 cm³/mol. The van der Waals surface area contributed by atoms with Crippen LogP contribution < -0.4 is 10.6 Å². The lowest BCUT2D eigenvalue weighted by Gasteiger charge is -2.21. The van der Waals surface area contributed by atoms with Crippen molar-refractivity contribution in [1.82, 2.24) is 20.4 Å². The van der Waals surface area contributed by atoms with Crippen LogP contribution in [0.1, 0.15) is 25.5 Å². The molecule has 1 atom stereocenters. The van der Waals surface area contributed by atoms with Crippen molar-refractivity contribution in [2.24, 2.45) is 0 Å². The van der Waals surface area contributed by atoms with Crippen LogP contribution in [0.25, 0.3) is 0 Å². The summed E-state index contributed by atoms with van der Waals surface area (Å²) in [6, 6.07) is 8.78. The van der Waals surface area contributed by atoms with E-state index >= 15 is 0 Å². The summed E-state index contributed by atoms with van der Waals surface area (Å²) in [5, 5.41) is 20.0. The SMILES string of the molecule is CC(C)(O)CNC(=O)NC[C@H](c1ccc(Cl)cc1)n1cccn1. The number of rotatable bonds is 6. The lowest BCUT2D eigenvalue weighted by molar-refractivity contribution is 0.0819. The first-order valence-corrected chi connectivity index (χ1v) is 7.71. The van der Waals surface area contributed by atoms with E-state index in [9.17, 15) is 9.90 Å². The quantitative estimate of drug-likeness (QED) is 0.756. The van der Waals surface area contributed by atoms with Crippen molar-refractivity contribution in [3.05, 3.63) is 53.3 Å². The molecular weight excluding hydrogens is 316 g/mol. The van der Waals surface area contributed by atoms with Gasteiger partial charge in [0.05, 0.1) is 11.6 Å². The summed E-state index contributed by atoms with van der Waals surface area (Å²) < 4.78 is 1.78. The van der Waals surface area contributed by atoms with Gasteiger partial charge >= 0.3 is 6.03 Å². The van der Waals surface area contributed by atoms with Crippen molar-refractivity contribution in [2.45, 2.75) is 25.5 Å². The van der Waals surface area contributed by atoms with Gasteiger partial charge in [0.1, 0.15) is 0 Å². The third kappa shape index (κ3) is 5.58. The lowest BCUT2D eigenvalue weighted by atomic mass is 10.1. The van der Waals surface area contributed by atoms with E-state index in [0.717, 1.165) is 5.56 Å². The molecule has 0 radical (unpaired) electrons. The number of nitrogens with one attached hydrogen (secondary N) is 2. The minimum atomic E-state index is -0.949. The Morgan fingerprint density at radius 3 is 2.61 bits per heavy atom. The standard InChI is InChI=1S/C16H21ClN4O2/c1-16(2,23)11-19-15(22)18-10-14(21-9-3-8-20-21)12-4-6-13(17)7-5-12/h3-9,14,23H,10-11H2,1-2H3,(H2,18,19,22)/t14-/m1/s1. The largest absolute Gasteiger partial charge is 0.389 e. The van der Waals surface area contributed by atoms with Crippen LogP contribution in [0, 0.1) is 0 Å². The van der Waals surface area contributed by atoms with Gasteiger partial charge in [0, 0.05) is 30.5 Å². The number of carbonyl (C=O) groups is 1. The molecule has 2 amide bonds. The Labute approximate surface area is 140 Å². The van der Waals surface area contributed by atoms with Crippen LogP contribution in [0.2, 0.25) is 5.02 Å². The molecular formula is C16H21ClN4O2. The summed E-state index contributed by atoms with van der Waals surface area (Å²) >= 11 is 5.93. The maximum atomic E-state index is 11.9. The topological polar surface area (TPSA) is 79.2 Å². The average molecular weight is 337 g/mol. The molecule has 0 aliphatic rings. The predicted octanol–water partition coefficient (Wildman–Crippen LogP) is 2.20. The maximum absolute atomic E-state index is 11.9. The Kier molecular flexibility index (Phi) is 5.63. The smallest absolute Gasteiger partial charge is 0.314 e. The second-order valence-electron chi connectivity index (χ2n) is 5.93. The Morgan fingerprint density at radius 1 is 1.35 bits per heavy atom. The van der Waals surface area contributed by atoms with Crippen molar-refractivity contribution in [1.29, 1.82) is 0 Å². The molecule has 0 aliphatic heterocycles. The molecule has 0 bridgehead atoms. The number of hydrogen-bond acceptors (Lipinski definition) is 3. The van der Waals surface area contributed by atoms with Gasteiger partial charge in [0.2, 0.25) is 0 Å². The van der Waals surface area contributed by atoms with Crippen molar-refractivity contribution in [3.8, 4) is 0 Å².